The van der Waals surface area contributed by atoms with Crippen LogP contribution < -0.4 is 0 Å². The number of amides is 1. The third-order valence-corrected chi connectivity index (χ3v) is 5.51. The van der Waals surface area contributed by atoms with Crippen molar-refractivity contribution in [2.75, 3.05) is 13.1 Å². The van der Waals surface area contributed by atoms with Crippen molar-refractivity contribution in [2.24, 2.45) is 5.92 Å². The number of nitrogens with zero attached hydrogens (tertiary/aromatic N) is 6. The maximum atomic E-state index is 12.4. The summed E-state index contributed by atoms with van der Waals surface area (Å²) in [5, 5.41) is 13.8. The maximum absolute atomic E-state index is 12.4. The predicted molar refractivity (Wildman–Crippen MR) is 95.3 cm³/mol. The van der Waals surface area contributed by atoms with Crippen LogP contribution in [0.4, 0.5) is 0 Å². The third-order valence-electron chi connectivity index (χ3n) is 4.65. The van der Waals surface area contributed by atoms with Crippen molar-refractivity contribution >= 4 is 17.2 Å². The largest absolute Gasteiger partial charge is 0.343 e. The molecule has 0 atom stereocenters. The van der Waals surface area contributed by atoms with E-state index in [9.17, 15) is 4.79 Å². The van der Waals surface area contributed by atoms with Crippen molar-refractivity contribution < 1.29 is 9.32 Å². The molecule has 26 heavy (non-hydrogen) atoms. The summed E-state index contributed by atoms with van der Waals surface area (Å²) in [5.74, 6) is 1.81. The normalized spacial score (nSPS) is 15.5. The van der Waals surface area contributed by atoms with Crippen LogP contribution in [0.25, 0.3) is 10.7 Å². The number of carbonyl (C=O) groups excluding carboxylic acids is 1. The first-order chi connectivity index (χ1) is 12.8. The van der Waals surface area contributed by atoms with E-state index in [0.29, 0.717) is 30.5 Å². The van der Waals surface area contributed by atoms with Crippen molar-refractivity contribution in [1.82, 2.24) is 30.0 Å². The van der Waals surface area contributed by atoms with E-state index in [-0.39, 0.29) is 5.91 Å². The highest BCUT2D eigenvalue weighted by molar-refractivity contribution is 7.13. The molecule has 4 rings (SSSR count). The molecule has 0 radical (unpaired) electrons. The minimum Gasteiger partial charge on any atom is -0.343 e. The van der Waals surface area contributed by atoms with E-state index >= 15 is 0 Å². The number of aryl methyl sites for hydroxylation is 1. The van der Waals surface area contributed by atoms with Crippen LogP contribution in [0.15, 0.2) is 34.4 Å². The number of likely N-dealkylation sites (tertiary alicyclic amines) is 1. The lowest BCUT2D eigenvalue weighted by molar-refractivity contribution is -0.132. The second kappa shape index (κ2) is 7.77. The molecule has 1 saturated heterocycles. The first kappa shape index (κ1) is 16.9. The Bertz CT molecular complexity index is 821. The average Bonchev–Trinajstić information content (AvgIpc) is 3.41. The Labute approximate surface area is 154 Å². The lowest BCUT2D eigenvalue weighted by Crippen LogP contribution is -2.39. The standard InChI is InChI=1S/C17H20N6O2S/c24-16(4-3-15-19-17(20-25-15)14-2-1-11-26-14)22-8-5-13(6-9-22)12-23-10-7-18-21-23/h1-2,7,10-11,13H,3-6,8-9,12H2. The second-order valence-corrected chi connectivity index (χ2v) is 7.39. The van der Waals surface area contributed by atoms with Gasteiger partial charge in [-0.1, -0.05) is 16.4 Å². The Morgan fingerprint density at radius 1 is 1.35 bits per heavy atom. The van der Waals surface area contributed by atoms with Gasteiger partial charge in [-0.2, -0.15) is 4.98 Å². The smallest absolute Gasteiger partial charge is 0.227 e. The number of hydrogen-bond acceptors (Lipinski definition) is 7. The summed E-state index contributed by atoms with van der Waals surface area (Å²) in [6.07, 6.45) is 6.45. The molecule has 0 aromatic carbocycles. The van der Waals surface area contributed by atoms with Crippen molar-refractivity contribution in [3.63, 3.8) is 0 Å². The van der Waals surface area contributed by atoms with E-state index in [1.165, 1.54) is 0 Å². The molecule has 3 aromatic rings. The van der Waals surface area contributed by atoms with Crippen molar-refractivity contribution in [2.45, 2.75) is 32.2 Å². The molecule has 1 aliphatic heterocycles. The molecule has 1 amide bonds. The first-order valence-corrected chi connectivity index (χ1v) is 9.64. The third kappa shape index (κ3) is 3.98. The van der Waals surface area contributed by atoms with Gasteiger partial charge in [-0.15, -0.1) is 16.4 Å². The highest BCUT2D eigenvalue weighted by Gasteiger charge is 2.23. The number of aromatic nitrogens is 5. The zero-order chi connectivity index (χ0) is 17.8. The quantitative estimate of drug-likeness (QED) is 0.659. The van der Waals surface area contributed by atoms with Gasteiger partial charge in [-0.3, -0.25) is 9.48 Å². The van der Waals surface area contributed by atoms with E-state index in [0.717, 1.165) is 37.4 Å². The number of carbonyl (C=O) groups is 1. The minimum absolute atomic E-state index is 0.153. The summed E-state index contributed by atoms with van der Waals surface area (Å²) in [5.41, 5.74) is 0. The minimum atomic E-state index is 0.153. The van der Waals surface area contributed by atoms with Gasteiger partial charge < -0.3 is 9.42 Å². The average molecular weight is 372 g/mol. The van der Waals surface area contributed by atoms with E-state index in [1.807, 2.05) is 33.3 Å². The zero-order valence-electron chi connectivity index (χ0n) is 14.3. The molecule has 9 heteroatoms. The molecule has 0 saturated carbocycles. The Balaban J connectivity index is 1.23. The molecule has 0 unspecified atom stereocenters. The topological polar surface area (TPSA) is 89.9 Å². The van der Waals surface area contributed by atoms with E-state index in [2.05, 4.69) is 20.5 Å². The Hall–Kier alpha value is -2.55. The van der Waals surface area contributed by atoms with Crippen LogP contribution in [-0.2, 0) is 17.8 Å². The van der Waals surface area contributed by atoms with E-state index in [1.54, 1.807) is 17.5 Å². The fraction of sp³-hybridized carbons (Fsp3) is 0.471. The van der Waals surface area contributed by atoms with E-state index in [4.69, 9.17) is 4.52 Å². The SMILES string of the molecule is O=C(CCc1nc(-c2cccs2)no1)N1CCC(Cn2ccnn2)CC1. The van der Waals surface area contributed by atoms with Gasteiger partial charge in [-0.05, 0) is 30.2 Å². The van der Waals surface area contributed by atoms with Gasteiger partial charge in [0.25, 0.3) is 0 Å². The second-order valence-electron chi connectivity index (χ2n) is 6.44. The summed E-state index contributed by atoms with van der Waals surface area (Å²) >= 11 is 1.57. The van der Waals surface area contributed by atoms with Crippen LogP contribution in [0.5, 0.6) is 0 Å². The molecule has 0 spiro atoms. The predicted octanol–water partition coefficient (Wildman–Crippen LogP) is 2.26. The number of piperidine rings is 1. The van der Waals surface area contributed by atoms with Gasteiger partial charge in [0.05, 0.1) is 11.1 Å². The summed E-state index contributed by atoms with van der Waals surface area (Å²) in [6.45, 7) is 2.46. The monoisotopic (exact) mass is 372 g/mol. The lowest BCUT2D eigenvalue weighted by Gasteiger charge is -2.31. The number of thiophene rings is 1. The van der Waals surface area contributed by atoms with Crippen molar-refractivity contribution in [3.8, 4) is 10.7 Å². The summed E-state index contributed by atoms with van der Waals surface area (Å²) in [4.78, 5) is 19.7. The molecule has 8 nitrogen and oxygen atoms in total. The summed E-state index contributed by atoms with van der Waals surface area (Å²) < 4.78 is 7.13. The number of rotatable bonds is 6. The molecule has 0 bridgehead atoms. The number of hydrogen-bond donors (Lipinski definition) is 0. The molecule has 0 N–H and O–H groups in total. The van der Waals surface area contributed by atoms with Crippen molar-refractivity contribution in [1.29, 1.82) is 0 Å². The molecule has 1 fully saturated rings. The van der Waals surface area contributed by atoms with Gasteiger partial charge in [0, 0.05) is 38.7 Å². The van der Waals surface area contributed by atoms with Crippen LogP contribution in [-0.4, -0.2) is 49.0 Å². The molecule has 3 aromatic heterocycles. The van der Waals surface area contributed by atoms with Gasteiger partial charge in [0.1, 0.15) is 0 Å². The molecule has 136 valence electrons. The van der Waals surface area contributed by atoms with Crippen LogP contribution in [0, 0.1) is 5.92 Å². The fourth-order valence-electron chi connectivity index (χ4n) is 3.19. The van der Waals surface area contributed by atoms with E-state index < -0.39 is 0 Å². The Morgan fingerprint density at radius 2 is 2.23 bits per heavy atom. The first-order valence-electron chi connectivity index (χ1n) is 8.76. The molecule has 0 aliphatic carbocycles. The van der Waals surface area contributed by atoms with Crippen LogP contribution in [0.2, 0.25) is 0 Å². The summed E-state index contributed by atoms with van der Waals surface area (Å²) in [7, 11) is 0. The van der Waals surface area contributed by atoms with Crippen molar-refractivity contribution in [3.05, 3.63) is 35.8 Å². The Kier molecular flexibility index (Phi) is 5.05. The highest BCUT2D eigenvalue weighted by atomic mass is 32.1. The Morgan fingerprint density at radius 3 is 2.96 bits per heavy atom. The fourth-order valence-corrected chi connectivity index (χ4v) is 3.84. The maximum Gasteiger partial charge on any atom is 0.227 e. The van der Waals surface area contributed by atoms with Crippen LogP contribution >= 0.6 is 11.3 Å². The molecular formula is C17H20N6O2S. The highest BCUT2D eigenvalue weighted by Crippen LogP contribution is 2.22. The molecular weight excluding hydrogens is 352 g/mol. The van der Waals surface area contributed by atoms with Crippen LogP contribution in [0.1, 0.15) is 25.2 Å². The van der Waals surface area contributed by atoms with Gasteiger partial charge >= 0.3 is 0 Å². The lowest BCUT2D eigenvalue weighted by atomic mass is 9.96. The summed E-state index contributed by atoms with van der Waals surface area (Å²) in [6, 6.07) is 3.90. The molecule has 4 heterocycles. The van der Waals surface area contributed by atoms with Crippen LogP contribution in [0.3, 0.4) is 0 Å². The molecule has 1 aliphatic rings. The van der Waals surface area contributed by atoms with Gasteiger partial charge in [0.15, 0.2) is 0 Å². The van der Waals surface area contributed by atoms with Gasteiger partial charge in [-0.25, -0.2) is 0 Å². The zero-order valence-corrected chi connectivity index (χ0v) is 15.1. The van der Waals surface area contributed by atoms with Gasteiger partial charge in [0.2, 0.25) is 17.6 Å².